The molecule has 1 aromatic rings. The molecule has 2 nitrogen and oxygen atoms in total. The molecule has 3 heteroatoms. The number of hydrogen-bond acceptors (Lipinski definition) is 2. The van der Waals surface area contributed by atoms with E-state index in [0.29, 0.717) is 6.04 Å². The van der Waals surface area contributed by atoms with Gasteiger partial charge in [-0.25, -0.2) is 0 Å². The van der Waals surface area contributed by atoms with Crippen LogP contribution in [0.3, 0.4) is 0 Å². The Morgan fingerprint density at radius 1 is 1.31 bits per heavy atom. The molecule has 0 heterocycles. The maximum absolute atomic E-state index is 6.28. The first-order valence-electron chi connectivity index (χ1n) is 5.46. The minimum absolute atomic E-state index is 0.409. The van der Waals surface area contributed by atoms with Crippen molar-refractivity contribution in [3.63, 3.8) is 0 Å². The van der Waals surface area contributed by atoms with Gasteiger partial charge in [-0.05, 0) is 44.9 Å². The zero-order chi connectivity index (χ0) is 12.5. The van der Waals surface area contributed by atoms with Gasteiger partial charge in [0.2, 0.25) is 0 Å². The van der Waals surface area contributed by atoms with E-state index in [1.807, 2.05) is 19.9 Å². The number of rotatable bonds is 3. The largest absolute Gasteiger partial charge is 0.495 e. The number of hydrogen-bond donors (Lipinski definition) is 0. The Hall–Kier alpha value is -0.890. The van der Waals surface area contributed by atoms with Crippen molar-refractivity contribution in [2.75, 3.05) is 19.1 Å². The van der Waals surface area contributed by atoms with E-state index in [1.165, 1.54) is 0 Å². The van der Waals surface area contributed by atoms with Gasteiger partial charge in [0.05, 0.1) is 12.8 Å². The zero-order valence-electron chi connectivity index (χ0n) is 10.9. The van der Waals surface area contributed by atoms with Crippen LogP contribution in [0.4, 0.5) is 5.69 Å². The van der Waals surface area contributed by atoms with Crippen LogP contribution in [0.5, 0.6) is 5.75 Å². The van der Waals surface area contributed by atoms with Crippen LogP contribution in [0.1, 0.15) is 25.0 Å². The van der Waals surface area contributed by atoms with Crippen molar-refractivity contribution in [1.29, 1.82) is 0 Å². The minimum Gasteiger partial charge on any atom is -0.495 e. The molecular weight excluding hydrogens is 222 g/mol. The van der Waals surface area contributed by atoms with Crippen LogP contribution in [0.2, 0.25) is 5.02 Å². The molecular formula is C13H20ClNO. The van der Waals surface area contributed by atoms with E-state index in [0.717, 1.165) is 27.6 Å². The summed E-state index contributed by atoms with van der Waals surface area (Å²) in [4.78, 5) is 2.18. The van der Waals surface area contributed by atoms with Crippen molar-refractivity contribution < 1.29 is 4.74 Å². The van der Waals surface area contributed by atoms with Crippen molar-refractivity contribution >= 4 is 17.3 Å². The lowest BCUT2D eigenvalue weighted by molar-refractivity contribution is 0.413. The Morgan fingerprint density at radius 3 is 2.31 bits per heavy atom. The van der Waals surface area contributed by atoms with Crippen molar-refractivity contribution in [2.45, 2.75) is 33.7 Å². The second-order valence-electron chi connectivity index (χ2n) is 4.39. The molecule has 0 radical (unpaired) electrons. The van der Waals surface area contributed by atoms with Gasteiger partial charge >= 0.3 is 0 Å². The van der Waals surface area contributed by atoms with Crippen LogP contribution >= 0.6 is 11.6 Å². The Morgan fingerprint density at radius 2 is 1.88 bits per heavy atom. The summed E-state index contributed by atoms with van der Waals surface area (Å²) < 4.78 is 5.43. The summed E-state index contributed by atoms with van der Waals surface area (Å²) >= 11 is 6.28. The SMILES string of the molecule is COc1cc(C)c(Cl)c(C)c1N(C)C(C)C. The van der Waals surface area contributed by atoms with Crippen molar-refractivity contribution in [3.05, 3.63) is 22.2 Å². The highest BCUT2D eigenvalue weighted by molar-refractivity contribution is 6.32. The molecule has 0 saturated heterocycles. The molecule has 0 bridgehead atoms. The predicted octanol–water partition coefficient (Wildman–Crippen LogP) is 3.81. The maximum atomic E-state index is 6.28. The Kier molecular flexibility index (Phi) is 4.09. The smallest absolute Gasteiger partial charge is 0.142 e. The summed E-state index contributed by atoms with van der Waals surface area (Å²) in [6.45, 7) is 8.32. The van der Waals surface area contributed by atoms with Gasteiger partial charge in [0.25, 0.3) is 0 Å². The van der Waals surface area contributed by atoms with Gasteiger partial charge in [-0.1, -0.05) is 11.6 Å². The number of benzene rings is 1. The average molecular weight is 242 g/mol. The third kappa shape index (κ3) is 2.27. The molecule has 0 amide bonds. The fourth-order valence-corrected chi connectivity index (χ4v) is 1.91. The molecule has 0 saturated carbocycles. The first-order valence-corrected chi connectivity index (χ1v) is 5.84. The molecule has 0 fully saturated rings. The highest BCUT2D eigenvalue weighted by atomic mass is 35.5. The minimum atomic E-state index is 0.409. The zero-order valence-corrected chi connectivity index (χ0v) is 11.6. The number of nitrogens with zero attached hydrogens (tertiary/aromatic N) is 1. The van der Waals surface area contributed by atoms with Crippen LogP contribution in [0.15, 0.2) is 6.07 Å². The standard InChI is InChI=1S/C13H20ClNO/c1-8(2)15(5)13-10(4)12(14)9(3)7-11(13)16-6/h7-8H,1-6H3. The number of halogens is 1. The second kappa shape index (κ2) is 4.96. The first-order chi connectivity index (χ1) is 7.40. The molecule has 1 rings (SSSR count). The second-order valence-corrected chi connectivity index (χ2v) is 4.77. The van der Waals surface area contributed by atoms with Crippen LogP contribution in [0.25, 0.3) is 0 Å². The van der Waals surface area contributed by atoms with Gasteiger partial charge in [0.15, 0.2) is 0 Å². The Labute approximate surface area is 103 Å². The van der Waals surface area contributed by atoms with Crippen LogP contribution in [0, 0.1) is 13.8 Å². The van der Waals surface area contributed by atoms with E-state index in [4.69, 9.17) is 16.3 Å². The van der Waals surface area contributed by atoms with E-state index < -0.39 is 0 Å². The molecule has 90 valence electrons. The lowest BCUT2D eigenvalue weighted by atomic mass is 10.1. The monoisotopic (exact) mass is 241 g/mol. The third-order valence-electron chi connectivity index (χ3n) is 2.96. The van der Waals surface area contributed by atoms with Crippen LogP contribution in [-0.2, 0) is 0 Å². The summed E-state index contributed by atoms with van der Waals surface area (Å²) in [5.74, 6) is 0.885. The van der Waals surface area contributed by atoms with Crippen LogP contribution < -0.4 is 9.64 Å². The lowest BCUT2D eigenvalue weighted by Crippen LogP contribution is -2.27. The van der Waals surface area contributed by atoms with E-state index in [1.54, 1.807) is 7.11 Å². The summed E-state index contributed by atoms with van der Waals surface area (Å²) in [5.41, 5.74) is 3.21. The lowest BCUT2D eigenvalue weighted by Gasteiger charge is -2.28. The third-order valence-corrected chi connectivity index (χ3v) is 3.54. The predicted molar refractivity (Wildman–Crippen MR) is 71.0 cm³/mol. The molecule has 0 aromatic heterocycles. The first kappa shape index (κ1) is 13.2. The normalized spacial score (nSPS) is 10.8. The highest BCUT2D eigenvalue weighted by Gasteiger charge is 2.17. The van der Waals surface area contributed by atoms with Gasteiger partial charge in [0, 0.05) is 18.1 Å². The summed E-state index contributed by atoms with van der Waals surface area (Å²) in [5, 5.41) is 0.823. The molecule has 1 aromatic carbocycles. The van der Waals surface area contributed by atoms with E-state index >= 15 is 0 Å². The fraction of sp³-hybridized carbons (Fsp3) is 0.538. The van der Waals surface area contributed by atoms with Crippen molar-refractivity contribution in [2.24, 2.45) is 0 Å². The van der Waals surface area contributed by atoms with Gasteiger partial charge in [0.1, 0.15) is 5.75 Å². The molecule has 0 aliphatic rings. The van der Waals surface area contributed by atoms with Gasteiger partial charge in [-0.3, -0.25) is 0 Å². The molecule has 0 N–H and O–H groups in total. The molecule has 0 atom stereocenters. The number of anilines is 1. The van der Waals surface area contributed by atoms with Crippen LogP contribution in [-0.4, -0.2) is 20.2 Å². The quantitative estimate of drug-likeness (QED) is 0.798. The summed E-state index contributed by atoms with van der Waals surface area (Å²) in [6, 6.07) is 2.40. The number of aryl methyl sites for hydroxylation is 1. The molecule has 0 aliphatic carbocycles. The average Bonchev–Trinajstić information content (AvgIpc) is 2.24. The van der Waals surface area contributed by atoms with Crippen molar-refractivity contribution in [3.8, 4) is 5.75 Å². The van der Waals surface area contributed by atoms with Gasteiger partial charge < -0.3 is 9.64 Å². The molecule has 0 spiro atoms. The molecule has 0 aliphatic heterocycles. The number of methoxy groups -OCH3 is 1. The fourth-order valence-electron chi connectivity index (χ4n) is 1.77. The van der Waals surface area contributed by atoms with Gasteiger partial charge in [-0.2, -0.15) is 0 Å². The summed E-state index contributed by atoms with van der Waals surface area (Å²) in [7, 11) is 3.75. The highest BCUT2D eigenvalue weighted by Crippen LogP contribution is 2.38. The topological polar surface area (TPSA) is 12.5 Å². The maximum Gasteiger partial charge on any atom is 0.142 e. The molecule has 16 heavy (non-hydrogen) atoms. The molecule has 0 unspecified atom stereocenters. The van der Waals surface area contributed by atoms with Gasteiger partial charge in [-0.15, -0.1) is 0 Å². The van der Waals surface area contributed by atoms with E-state index in [2.05, 4.69) is 25.8 Å². The Balaban J connectivity index is 3.41. The Bertz CT molecular complexity index is 388. The summed E-state index contributed by atoms with van der Waals surface area (Å²) in [6.07, 6.45) is 0. The van der Waals surface area contributed by atoms with E-state index in [9.17, 15) is 0 Å². The number of ether oxygens (including phenoxy) is 1. The van der Waals surface area contributed by atoms with E-state index in [-0.39, 0.29) is 0 Å². The van der Waals surface area contributed by atoms with Crippen molar-refractivity contribution in [1.82, 2.24) is 0 Å².